The number of rotatable bonds is 5. The normalized spacial score (nSPS) is 19.9. The third kappa shape index (κ3) is 3.66. The first-order valence-corrected chi connectivity index (χ1v) is 7.56. The average molecular weight is 270 g/mol. The second kappa shape index (κ2) is 5.64. The number of hydrogen-bond acceptors (Lipinski definition) is 5. The van der Waals surface area contributed by atoms with Gasteiger partial charge in [0.25, 0.3) is 0 Å². The number of hydrogen-bond donors (Lipinski definition) is 3. The van der Waals surface area contributed by atoms with Gasteiger partial charge in [0.15, 0.2) is 0 Å². The Kier molecular flexibility index (Phi) is 4.15. The Bertz CT molecular complexity index is 480. The molecule has 1 fully saturated rings. The minimum atomic E-state index is -3.65. The fourth-order valence-electron chi connectivity index (χ4n) is 2.03. The summed E-state index contributed by atoms with van der Waals surface area (Å²) in [7, 11) is -3.65. The molecule has 0 bridgehead atoms. The van der Waals surface area contributed by atoms with Gasteiger partial charge < -0.3 is 10.6 Å². The number of pyridine rings is 1. The highest BCUT2D eigenvalue weighted by molar-refractivity contribution is 7.89. The van der Waals surface area contributed by atoms with Crippen LogP contribution in [0.15, 0.2) is 23.2 Å². The fraction of sp³-hybridized carbons (Fsp3) is 0.545. The van der Waals surface area contributed by atoms with Crippen LogP contribution in [0, 0.1) is 0 Å². The first-order chi connectivity index (χ1) is 8.55. The summed E-state index contributed by atoms with van der Waals surface area (Å²) in [5.41, 5.74) is 0. The maximum atomic E-state index is 11.0. The number of nitrogens with two attached hydrogens (primary N) is 1. The number of nitrogens with zero attached hydrogens (tertiary/aromatic N) is 1. The van der Waals surface area contributed by atoms with E-state index in [4.69, 9.17) is 5.14 Å². The molecule has 100 valence electrons. The Morgan fingerprint density at radius 2 is 2.33 bits per heavy atom. The molecule has 1 aliphatic rings. The van der Waals surface area contributed by atoms with E-state index in [-0.39, 0.29) is 4.90 Å². The Balaban J connectivity index is 1.83. The second-order valence-electron chi connectivity index (χ2n) is 4.43. The van der Waals surface area contributed by atoms with Crippen molar-refractivity contribution in [3.63, 3.8) is 0 Å². The summed E-state index contributed by atoms with van der Waals surface area (Å²) in [6, 6.07) is 3.67. The predicted octanol–water partition coefficient (Wildman–Crippen LogP) is 0.283. The summed E-state index contributed by atoms with van der Waals surface area (Å²) < 4.78 is 22.1. The molecule has 1 unspecified atom stereocenters. The van der Waals surface area contributed by atoms with Crippen molar-refractivity contribution in [2.75, 3.05) is 18.4 Å². The lowest BCUT2D eigenvalue weighted by Gasteiger charge is -2.11. The average Bonchev–Trinajstić information content (AvgIpc) is 2.82. The molecule has 1 aromatic heterocycles. The van der Waals surface area contributed by atoms with Crippen LogP contribution in [0.5, 0.6) is 0 Å². The van der Waals surface area contributed by atoms with Crippen molar-refractivity contribution in [1.29, 1.82) is 0 Å². The van der Waals surface area contributed by atoms with Crippen molar-refractivity contribution >= 4 is 15.8 Å². The van der Waals surface area contributed by atoms with E-state index in [0.717, 1.165) is 19.5 Å². The topological polar surface area (TPSA) is 97.1 Å². The van der Waals surface area contributed by atoms with Crippen LogP contribution >= 0.6 is 0 Å². The van der Waals surface area contributed by atoms with Crippen LogP contribution in [0.2, 0.25) is 0 Å². The molecule has 0 saturated carbocycles. The molecular formula is C11H18N4O2S. The van der Waals surface area contributed by atoms with Crippen molar-refractivity contribution in [3.8, 4) is 0 Å². The van der Waals surface area contributed by atoms with Gasteiger partial charge in [0.2, 0.25) is 10.0 Å². The highest BCUT2D eigenvalue weighted by Gasteiger charge is 2.13. The molecule has 2 rings (SSSR count). The molecule has 0 radical (unpaired) electrons. The van der Waals surface area contributed by atoms with E-state index in [1.807, 2.05) is 0 Å². The molecule has 0 spiro atoms. The molecule has 0 aromatic carbocycles. The molecule has 2 heterocycles. The second-order valence-corrected chi connectivity index (χ2v) is 5.99. The molecule has 1 saturated heterocycles. The minimum absolute atomic E-state index is 0.0329. The van der Waals surface area contributed by atoms with Crippen molar-refractivity contribution in [2.45, 2.75) is 30.2 Å². The molecule has 1 aromatic rings. The molecule has 0 amide bonds. The van der Waals surface area contributed by atoms with Crippen molar-refractivity contribution in [3.05, 3.63) is 18.3 Å². The van der Waals surface area contributed by atoms with Crippen LogP contribution in [-0.2, 0) is 10.0 Å². The van der Waals surface area contributed by atoms with Gasteiger partial charge in [0, 0.05) is 18.8 Å². The zero-order valence-corrected chi connectivity index (χ0v) is 10.9. The summed E-state index contributed by atoms with van der Waals surface area (Å²) >= 11 is 0. The van der Waals surface area contributed by atoms with Gasteiger partial charge in [0.05, 0.1) is 0 Å². The van der Waals surface area contributed by atoms with Crippen LogP contribution in [0.25, 0.3) is 0 Å². The van der Waals surface area contributed by atoms with Gasteiger partial charge in [0.1, 0.15) is 10.7 Å². The van der Waals surface area contributed by atoms with Crippen molar-refractivity contribution in [2.24, 2.45) is 5.14 Å². The van der Waals surface area contributed by atoms with E-state index in [1.165, 1.54) is 25.1 Å². The summed E-state index contributed by atoms with van der Waals surface area (Å²) in [6.45, 7) is 1.92. The van der Waals surface area contributed by atoms with E-state index >= 15 is 0 Å². The lowest BCUT2D eigenvalue weighted by molar-refractivity contribution is 0.574. The predicted molar refractivity (Wildman–Crippen MR) is 69.7 cm³/mol. The summed E-state index contributed by atoms with van der Waals surface area (Å²) in [4.78, 5) is 4.05. The minimum Gasteiger partial charge on any atom is -0.370 e. The smallest absolute Gasteiger partial charge is 0.239 e. The van der Waals surface area contributed by atoms with E-state index in [1.54, 1.807) is 6.07 Å². The van der Waals surface area contributed by atoms with Gasteiger partial charge in [-0.3, -0.25) is 0 Å². The van der Waals surface area contributed by atoms with Crippen LogP contribution in [-0.4, -0.2) is 32.5 Å². The molecule has 4 N–H and O–H groups in total. The number of aromatic nitrogens is 1. The molecule has 18 heavy (non-hydrogen) atoms. The maximum Gasteiger partial charge on any atom is 0.239 e. The Labute approximate surface area is 107 Å². The molecule has 0 aliphatic carbocycles. The lowest BCUT2D eigenvalue weighted by atomic mass is 10.1. The quantitative estimate of drug-likeness (QED) is 0.714. The van der Waals surface area contributed by atoms with Gasteiger partial charge in [-0.15, -0.1) is 0 Å². The lowest BCUT2D eigenvalue weighted by Crippen LogP contribution is -2.24. The Hall–Kier alpha value is -1.18. The summed E-state index contributed by atoms with van der Waals surface area (Å²) in [5.74, 6) is 0.667. The Morgan fingerprint density at radius 3 is 2.89 bits per heavy atom. The molecule has 1 atom stereocenters. The van der Waals surface area contributed by atoms with Crippen LogP contribution < -0.4 is 15.8 Å². The number of sulfonamides is 1. The van der Waals surface area contributed by atoms with E-state index in [0.29, 0.717) is 11.9 Å². The third-order valence-corrected chi connectivity index (χ3v) is 3.92. The van der Waals surface area contributed by atoms with E-state index < -0.39 is 10.0 Å². The fourth-order valence-corrected chi connectivity index (χ4v) is 2.49. The molecule has 6 nitrogen and oxygen atoms in total. The summed E-state index contributed by atoms with van der Waals surface area (Å²) in [5, 5.41) is 11.6. The van der Waals surface area contributed by atoms with Crippen molar-refractivity contribution in [1.82, 2.24) is 10.3 Å². The third-order valence-electron chi connectivity index (χ3n) is 3.03. The first-order valence-electron chi connectivity index (χ1n) is 6.02. The SMILES string of the molecule is NS(=O)(=O)c1ccc(NCCC2CCCN2)nc1. The highest BCUT2D eigenvalue weighted by atomic mass is 32.2. The monoisotopic (exact) mass is 270 g/mol. The standard InChI is InChI=1S/C11H18N4O2S/c12-18(16,17)10-3-4-11(15-8-10)14-7-5-9-2-1-6-13-9/h3-4,8-9,13H,1-2,5-7H2,(H,14,15)(H2,12,16,17). The van der Waals surface area contributed by atoms with Crippen LogP contribution in [0.1, 0.15) is 19.3 Å². The summed E-state index contributed by atoms with van der Waals surface area (Å²) in [6.07, 6.45) is 4.77. The van der Waals surface area contributed by atoms with E-state index in [2.05, 4.69) is 15.6 Å². The van der Waals surface area contributed by atoms with Gasteiger partial charge in [-0.1, -0.05) is 0 Å². The zero-order chi connectivity index (χ0) is 13.0. The van der Waals surface area contributed by atoms with Crippen LogP contribution in [0.4, 0.5) is 5.82 Å². The molecule has 1 aliphatic heterocycles. The van der Waals surface area contributed by atoms with Crippen molar-refractivity contribution < 1.29 is 8.42 Å². The van der Waals surface area contributed by atoms with Gasteiger partial charge >= 0.3 is 0 Å². The highest BCUT2D eigenvalue weighted by Crippen LogP contribution is 2.11. The number of anilines is 1. The van der Waals surface area contributed by atoms with Crippen LogP contribution in [0.3, 0.4) is 0 Å². The number of primary sulfonamides is 1. The largest absolute Gasteiger partial charge is 0.370 e. The van der Waals surface area contributed by atoms with Gasteiger partial charge in [-0.2, -0.15) is 0 Å². The van der Waals surface area contributed by atoms with E-state index in [9.17, 15) is 8.42 Å². The Morgan fingerprint density at radius 1 is 1.50 bits per heavy atom. The maximum absolute atomic E-state index is 11.0. The number of nitrogens with one attached hydrogen (secondary N) is 2. The molecular weight excluding hydrogens is 252 g/mol. The zero-order valence-electron chi connectivity index (χ0n) is 10.1. The first kappa shape index (κ1) is 13.3. The van der Waals surface area contributed by atoms with Gasteiger partial charge in [-0.25, -0.2) is 18.5 Å². The molecule has 7 heteroatoms. The van der Waals surface area contributed by atoms with Gasteiger partial charge in [-0.05, 0) is 37.9 Å².